The Hall–Kier alpha value is -0.220. The normalized spacial score (nSPS) is 21.5. The van der Waals surface area contributed by atoms with Crippen molar-refractivity contribution in [3.8, 4) is 0 Å². The minimum absolute atomic E-state index is 0.579. The highest BCUT2D eigenvalue weighted by Gasteiger charge is 2.02. The van der Waals surface area contributed by atoms with Crippen LogP contribution in [0.3, 0.4) is 0 Å². The van der Waals surface area contributed by atoms with Gasteiger partial charge in [0.2, 0.25) is 5.50 Å². The quantitative estimate of drug-likeness (QED) is 0.412. The van der Waals surface area contributed by atoms with E-state index < -0.39 is 0 Å². The van der Waals surface area contributed by atoms with Gasteiger partial charge in [-0.3, -0.25) is 5.73 Å². The van der Waals surface area contributed by atoms with Crippen molar-refractivity contribution in [3.05, 3.63) is 5.50 Å². The van der Waals surface area contributed by atoms with Crippen molar-refractivity contribution in [1.82, 2.24) is 4.72 Å². The maximum Gasteiger partial charge on any atom is 0.225 e. The van der Waals surface area contributed by atoms with Crippen LogP contribution in [0.25, 0.3) is 0 Å². The van der Waals surface area contributed by atoms with Crippen LogP contribution in [0.15, 0.2) is 4.99 Å². The van der Waals surface area contributed by atoms with Crippen LogP contribution in [0.4, 0.5) is 0 Å². The first kappa shape index (κ1) is 3.95. The number of nitrogens with one attached hydrogen (secondary N) is 1. The van der Waals surface area contributed by atoms with Crippen molar-refractivity contribution in [2.75, 3.05) is 0 Å². The molecule has 1 aliphatic heterocycles. The highest BCUT2D eigenvalue weighted by Crippen LogP contribution is 2.11. The van der Waals surface area contributed by atoms with Crippen molar-refractivity contribution in [2.45, 2.75) is 0 Å². The molecule has 1 rings (SSSR count). The van der Waals surface area contributed by atoms with E-state index in [9.17, 15) is 0 Å². The summed E-state index contributed by atoms with van der Waals surface area (Å²) in [5.74, 6) is 0. The molecule has 0 unspecified atom stereocenters. The fraction of sp³-hybridized carbons (Fsp3) is 0. The molecule has 0 fully saturated rings. The minimum atomic E-state index is 0.579. The predicted octanol–water partition coefficient (Wildman–Crippen LogP) is -0.328. The summed E-state index contributed by atoms with van der Waals surface area (Å²) in [6, 6.07) is 0. The molecule has 33 valence electrons. The van der Waals surface area contributed by atoms with E-state index in [2.05, 4.69) is 9.71 Å². The third-order valence-electron chi connectivity index (χ3n) is 0.408. The van der Waals surface area contributed by atoms with Crippen molar-refractivity contribution in [2.24, 2.45) is 10.7 Å². The molecule has 0 aromatic heterocycles. The summed E-state index contributed by atoms with van der Waals surface area (Å²) in [4.78, 5) is 3.66. The molecule has 0 amide bonds. The van der Waals surface area contributed by atoms with E-state index in [1.807, 2.05) is 0 Å². The smallest absolute Gasteiger partial charge is 0.225 e. The fourth-order valence-electron chi connectivity index (χ4n) is 0.203. The first-order valence-electron chi connectivity index (χ1n) is 1.47. The van der Waals surface area contributed by atoms with E-state index in [1.54, 1.807) is 6.34 Å². The molecular formula is C2H4N3S. The molecule has 0 saturated heterocycles. The molecule has 1 heterocycles. The highest BCUT2D eigenvalue weighted by atomic mass is 32.2. The first-order chi connectivity index (χ1) is 2.89. The number of nitrogens with zero attached hydrogens (tertiary/aromatic N) is 1. The molecule has 0 saturated carbocycles. The van der Waals surface area contributed by atoms with Crippen molar-refractivity contribution in [1.29, 1.82) is 0 Å². The maximum atomic E-state index is 5.15. The Morgan fingerprint density at radius 1 is 2.00 bits per heavy atom. The lowest BCUT2D eigenvalue weighted by molar-refractivity contribution is 1.21. The lowest BCUT2D eigenvalue weighted by atomic mass is 11.1. The van der Waals surface area contributed by atoms with Crippen LogP contribution in [-0.2, 0) is 0 Å². The molecule has 1 aliphatic rings. The van der Waals surface area contributed by atoms with Gasteiger partial charge in [0.1, 0.15) is 0 Å². The van der Waals surface area contributed by atoms with Gasteiger partial charge in [-0.1, -0.05) is 0 Å². The van der Waals surface area contributed by atoms with E-state index in [1.165, 1.54) is 11.9 Å². The highest BCUT2D eigenvalue weighted by molar-refractivity contribution is 8.00. The van der Waals surface area contributed by atoms with Gasteiger partial charge in [-0.25, -0.2) is 4.99 Å². The fourth-order valence-corrected chi connectivity index (χ4v) is 0.535. The van der Waals surface area contributed by atoms with Crippen molar-refractivity contribution in [3.63, 3.8) is 0 Å². The molecule has 0 bridgehead atoms. The molecule has 4 heteroatoms. The molecule has 0 aromatic rings. The van der Waals surface area contributed by atoms with Gasteiger partial charge in [0.25, 0.3) is 0 Å². The average molecular weight is 102 g/mol. The Labute approximate surface area is 40.1 Å². The van der Waals surface area contributed by atoms with Crippen LogP contribution in [0.5, 0.6) is 0 Å². The van der Waals surface area contributed by atoms with Crippen LogP contribution in [0.1, 0.15) is 0 Å². The third-order valence-corrected chi connectivity index (χ3v) is 0.946. The van der Waals surface area contributed by atoms with Crippen LogP contribution in [-0.4, -0.2) is 6.34 Å². The molecule has 0 spiro atoms. The van der Waals surface area contributed by atoms with Gasteiger partial charge in [-0.2, -0.15) is 0 Å². The van der Waals surface area contributed by atoms with Crippen LogP contribution in [0.2, 0.25) is 0 Å². The summed E-state index contributed by atoms with van der Waals surface area (Å²) >= 11 is 1.32. The summed E-state index contributed by atoms with van der Waals surface area (Å²) < 4.78 is 2.73. The lowest BCUT2D eigenvalue weighted by Gasteiger charge is -1.86. The largest absolute Gasteiger partial charge is 0.317 e. The second-order valence-corrected chi connectivity index (χ2v) is 1.67. The molecular weight excluding hydrogens is 98.1 g/mol. The van der Waals surface area contributed by atoms with E-state index in [0.29, 0.717) is 5.50 Å². The van der Waals surface area contributed by atoms with E-state index in [4.69, 9.17) is 5.73 Å². The number of rotatable bonds is 0. The van der Waals surface area contributed by atoms with E-state index in [-0.39, 0.29) is 0 Å². The lowest BCUT2D eigenvalue weighted by Crippen LogP contribution is -1.98. The Kier molecular flexibility index (Phi) is 0.979. The van der Waals surface area contributed by atoms with Crippen molar-refractivity contribution >= 4 is 18.3 Å². The summed E-state index contributed by atoms with van der Waals surface area (Å²) in [5, 5.41) is 0. The zero-order valence-electron chi connectivity index (χ0n) is 3.01. The standard InChI is InChI=1S/C2H4N3S/c3-2-4-1-5-6-2/h1H,3H2,(H,4,5). The van der Waals surface area contributed by atoms with Crippen LogP contribution in [0, 0.1) is 5.50 Å². The van der Waals surface area contributed by atoms with E-state index >= 15 is 0 Å². The van der Waals surface area contributed by atoms with Crippen molar-refractivity contribution < 1.29 is 0 Å². The summed E-state index contributed by atoms with van der Waals surface area (Å²) in [7, 11) is 0. The average Bonchev–Trinajstić information content (AvgIpc) is 1.86. The monoisotopic (exact) mass is 102 g/mol. The predicted molar refractivity (Wildman–Crippen MR) is 26.6 cm³/mol. The van der Waals surface area contributed by atoms with Crippen LogP contribution >= 0.6 is 11.9 Å². The van der Waals surface area contributed by atoms with Gasteiger partial charge in [0.05, 0.1) is 6.34 Å². The second-order valence-electron chi connectivity index (χ2n) is 0.816. The summed E-state index contributed by atoms with van der Waals surface area (Å²) in [5.41, 5.74) is 5.73. The third kappa shape index (κ3) is 0.636. The minimum Gasteiger partial charge on any atom is -0.317 e. The number of hydrogen-bond acceptors (Lipinski definition) is 4. The molecule has 3 nitrogen and oxygen atoms in total. The number of nitrogens with two attached hydrogens (primary N) is 1. The molecule has 0 atom stereocenters. The summed E-state index contributed by atoms with van der Waals surface area (Å²) in [6.45, 7) is 0. The van der Waals surface area contributed by atoms with Gasteiger partial charge in [-0.05, 0) is 0 Å². The Morgan fingerprint density at radius 2 is 2.83 bits per heavy atom. The zero-order valence-corrected chi connectivity index (χ0v) is 3.83. The SMILES string of the molecule is N[C]1N=CNS1. The van der Waals surface area contributed by atoms with Gasteiger partial charge in [0, 0.05) is 11.9 Å². The molecule has 0 aromatic carbocycles. The Balaban J connectivity index is 2.38. The number of hydrogen-bond donors (Lipinski definition) is 2. The Morgan fingerprint density at radius 3 is 3.00 bits per heavy atom. The molecule has 0 aliphatic carbocycles. The molecule has 3 N–H and O–H groups in total. The molecule has 1 radical (unpaired) electrons. The van der Waals surface area contributed by atoms with Crippen LogP contribution < -0.4 is 10.5 Å². The first-order valence-corrected chi connectivity index (χ1v) is 2.28. The van der Waals surface area contributed by atoms with Gasteiger partial charge in [-0.15, -0.1) is 0 Å². The zero-order chi connectivity index (χ0) is 4.41. The van der Waals surface area contributed by atoms with Gasteiger partial charge >= 0.3 is 0 Å². The maximum absolute atomic E-state index is 5.15. The second kappa shape index (κ2) is 1.49. The van der Waals surface area contributed by atoms with Gasteiger partial charge in [0.15, 0.2) is 0 Å². The topological polar surface area (TPSA) is 50.4 Å². The van der Waals surface area contributed by atoms with Gasteiger partial charge < -0.3 is 4.72 Å². The number of aliphatic imine (C=N–C) groups is 1. The molecule has 6 heavy (non-hydrogen) atoms. The summed E-state index contributed by atoms with van der Waals surface area (Å²) in [6.07, 6.45) is 1.56. The Bertz CT molecular complexity index is 71.2. The van der Waals surface area contributed by atoms with E-state index in [0.717, 1.165) is 0 Å².